The standard InChI is InChI=1S/C17H18FN7OS/c18-10-6-19-16(20-7-10)23-17-22-14-12-8-21-24-15(12)25(4-3-13(14)27-17)9-11-2-1-5-26-11/h6-8,11H,1-5,9H2,(H,21,24)(H,19,20,22,23). The van der Waals surface area contributed by atoms with Crippen molar-refractivity contribution in [2.45, 2.75) is 25.4 Å². The number of ether oxygens (including phenoxy) is 1. The van der Waals surface area contributed by atoms with Crippen molar-refractivity contribution in [3.05, 3.63) is 29.3 Å². The number of thiazole rings is 1. The van der Waals surface area contributed by atoms with Gasteiger partial charge < -0.3 is 15.0 Å². The van der Waals surface area contributed by atoms with Crippen LogP contribution in [0.3, 0.4) is 0 Å². The van der Waals surface area contributed by atoms with Gasteiger partial charge in [0.2, 0.25) is 5.95 Å². The molecule has 2 aliphatic rings. The number of hydrogen-bond acceptors (Lipinski definition) is 8. The molecule has 3 aromatic rings. The molecule has 5 heterocycles. The van der Waals surface area contributed by atoms with Gasteiger partial charge in [0.25, 0.3) is 0 Å². The first-order chi connectivity index (χ1) is 13.3. The van der Waals surface area contributed by atoms with E-state index in [9.17, 15) is 4.39 Å². The van der Waals surface area contributed by atoms with Crippen LogP contribution in [-0.4, -0.2) is 50.9 Å². The van der Waals surface area contributed by atoms with Gasteiger partial charge in [-0.1, -0.05) is 0 Å². The molecule has 1 fully saturated rings. The highest BCUT2D eigenvalue weighted by molar-refractivity contribution is 7.16. The molecule has 8 nitrogen and oxygen atoms in total. The van der Waals surface area contributed by atoms with Gasteiger partial charge in [-0.2, -0.15) is 5.10 Å². The highest BCUT2D eigenvalue weighted by Gasteiger charge is 2.28. The molecular weight excluding hydrogens is 369 g/mol. The summed E-state index contributed by atoms with van der Waals surface area (Å²) >= 11 is 1.56. The SMILES string of the molecule is Fc1cnc(Nc2nc3c(s2)CCN(CC2CCCO2)c2[nH]ncc2-3)nc1. The molecule has 0 radical (unpaired) electrons. The number of anilines is 3. The van der Waals surface area contributed by atoms with Gasteiger partial charge in [-0.25, -0.2) is 19.3 Å². The Bertz CT molecular complexity index is 935. The molecule has 0 spiro atoms. The summed E-state index contributed by atoms with van der Waals surface area (Å²) < 4.78 is 18.8. The summed E-state index contributed by atoms with van der Waals surface area (Å²) in [5.41, 5.74) is 1.91. The van der Waals surface area contributed by atoms with Gasteiger partial charge in [0.05, 0.1) is 36.0 Å². The second-order valence-electron chi connectivity index (χ2n) is 6.60. The van der Waals surface area contributed by atoms with E-state index in [1.54, 1.807) is 11.3 Å². The second kappa shape index (κ2) is 6.86. The largest absolute Gasteiger partial charge is 0.376 e. The van der Waals surface area contributed by atoms with Crippen LogP contribution in [0.2, 0.25) is 0 Å². The van der Waals surface area contributed by atoms with E-state index >= 15 is 0 Å². The Morgan fingerprint density at radius 1 is 1.33 bits per heavy atom. The molecule has 2 aliphatic heterocycles. The Hall–Kier alpha value is -2.59. The number of H-pyrrole nitrogens is 1. The van der Waals surface area contributed by atoms with Crippen LogP contribution in [0.25, 0.3) is 11.3 Å². The van der Waals surface area contributed by atoms with Crippen LogP contribution in [0.15, 0.2) is 18.6 Å². The van der Waals surface area contributed by atoms with Crippen molar-refractivity contribution >= 4 is 28.2 Å². The summed E-state index contributed by atoms with van der Waals surface area (Å²) in [5.74, 6) is 0.844. The Balaban J connectivity index is 1.41. The van der Waals surface area contributed by atoms with Crippen LogP contribution in [0.1, 0.15) is 17.7 Å². The minimum Gasteiger partial charge on any atom is -0.376 e. The first-order valence-electron chi connectivity index (χ1n) is 8.91. The zero-order valence-electron chi connectivity index (χ0n) is 14.5. The molecule has 2 N–H and O–H groups in total. The number of fused-ring (bicyclic) bond motifs is 3. The number of rotatable bonds is 4. The molecule has 1 unspecified atom stereocenters. The summed E-state index contributed by atoms with van der Waals surface area (Å²) in [6, 6.07) is 0. The fourth-order valence-electron chi connectivity index (χ4n) is 3.52. The lowest BCUT2D eigenvalue weighted by molar-refractivity contribution is 0.115. The fourth-order valence-corrected chi connectivity index (χ4v) is 4.47. The van der Waals surface area contributed by atoms with E-state index in [2.05, 4.69) is 30.4 Å². The summed E-state index contributed by atoms with van der Waals surface area (Å²) in [4.78, 5) is 16.1. The van der Waals surface area contributed by atoms with Gasteiger partial charge >= 0.3 is 0 Å². The third-order valence-corrected chi connectivity index (χ3v) is 5.81. The van der Waals surface area contributed by atoms with Crippen molar-refractivity contribution in [2.75, 3.05) is 29.9 Å². The lowest BCUT2D eigenvalue weighted by atomic mass is 10.2. The normalized spacial score (nSPS) is 18.9. The summed E-state index contributed by atoms with van der Waals surface area (Å²) in [5, 5.41) is 11.1. The highest BCUT2D eigenvalue weighted by Crippen LogP contribution is 2.39. The molecule has 27 heavy (non-hydrogen) atoms. The minimum absolute atomic E-state index is 0.276. The zero-order valence-corrected chi connectivity index (χ0v) is 15.3. The fraction of sp³-hybridized carbons (Fsp3) is 0.412. The number of nitrogens with one attached hydrogen (secondary N) is 2. The second-order valence-corrected chi connectivity index (χ2v) is 7.69. The Kier molecular flexibility index (Phi) is 4.21. The van der Waals surface area contributed by atoms with E-state index in [1.807, 2.05) is 6.20 Å². The Labute approximate surface area is 158 Å². The lowest BCUT2D eigenvalue weighted by Gasteiger charge is -2.25. The first-order valence-corrected chi connectivity index (χ1v) is 9.72. The van der Waals surface area contributed by atoms with Crippen LogP contribution in [0.5, 0.6) is 0 Å². The van der Waals surface area contributed by atoms with Gasteiger partial charge in [0.15, 0.2) is 10.9 Å². The number of aromatic nitrogens is 5. The molecule has 0 amide bonds. The maximum atomic E-state index is 13.0. The predicted octanol–water partition coefficient (Wildman–Crippen LogP) is 2.75. The molecule has 10 heteroatoms. The van der Waals surface area contributed by atoms with Crippen LogP contribution < -0.4 is 10.2 Å². The van der Waals surface area contributed by atoms with E-state index in [0.717, 1.165) is 68.4 Å². The topological polar surface area (TPSA) is 91.8 Å². The Morgan fingerprint density at radius 3 is 3.04 bits per heavy atom. The van der Waals surface area contributed by atoms with Crippen molar-refractivity contribution in [2.24, 2.45) is 0 Å². The van der Waals surface area contributed by atoms with Crippen molar-refractivity contribution < 1.29 is 9.13 Å². The van der Waals surface area contributed by atoms with Crippen LogP contribution in [0, 0.1) is 5.82 Å². The lowest BCUT2D eigenvalue weighted by Crippen LogP contribution is -2.33. The molecule has 0 aliphatic carbocycles. The van der Waals surface area contributed by atoms with Crippen LogP contribution in [0.4, 0.5) is 21.3 Å². The number of nitrogens with zero attached hydrogens (tertiary/aromatic N) is 5. The maximum absolute atomic E-state index is 13.0. The zero-order chi connectivity index (χ0) is 18.2. The molecule has 5 rings (SSSR count). The summed E-state index contributed by atoms with van der Waals surface area (Å²) in [7, 11) is 0. The van der Waals surface area contributed by atoms with E-state index in [1.165, 1.54) is 4.88 Å². The van der Waals surface area contributed by atoms with Crippen LogP contribution in [-0.2, 0) is 11.2 Å². The van der Waals surface area contributed by atoms with Crippen molar-refractivity contribution in [1.29, 1.82) is 0 Å². The van der Waals surface area contributed by atoms with Crippen LogP contribution >= 0.6 is 11.3 Å². The maximum Gasteiger partial charge on any atom is 0.229 e. The molecule has 0 saturated carbocycles. The smallest absolute Gasteiger partial charge is 0.229 e. The molecule has 1 atom stereocenters. The number of aromatic amines is 1. The minimum atomic E-state index is -0.468. The van der Waals surface area contributed by atoms with Crippen molar-refractivity contribution in [3.8, 4) is 11.3 Å². The summed E-state index contributed by atoms with van der Waals surface area (Å²) in [6.45, 7) is 2.58. The Morgan fingerprint density at radius 2 is 2.22 bits per heavy atom. The van der Waals surface area contributed by atoms with Gasteiger partial charge in [0, 0.05) is 31.0 Å². The number of hydrogen-bond donors (Lipinski definition) is 2. The molecular formula is C17H18FN7OS. The summed E-state index contributed by atoms with van der Waals surface area (Å²) in [6.07, 6.45) is 7.47. The monoisotopic (exact) mass is 387 g/mol. The average Bonchev–Trinajstić information content (AvgIpc) is 3.40. The molecule has 0 aromatic carbocycles. The predicted molar refractivity (Wildman–Crippen MR) is 99.9 cm³/mol. The highest BCUT2D eigenvalue weighted by atomic mass is 32.1. The number of halogens is 1. The van der Waals surface area contributed by atoms with E-state index < -0.39 is 5.82 Å². The van der Waals surface area contributed by atoms with E-state index in [-0.39, 0.29) is 6.10 Å². The first kappa shape index (κ1) is 16.6. The van der Waals surface area contributed by atoms with Gasteiger partial charge in [-0.3, -0.25) is 5.10 Å². The van der Waals surface area contributed by atoms with E-state index in [0.29, 0.717) is 11.1 Å². The van der Waals surface area contributed by atoms with Crippen molar-refractivity contribution in [1.82, 2.24) is 25.1 Å². The van der Waals surface area contributed by atoms with Crippen molar-refractivity contribution in [3.63, 3.8) is 0 Å². The average molecular weight is 387 g/mol. The molecule has 1 saturated heterocycles. The van der Waals surface area contributed by atoms with Gasteiger partial charge in [-0.15, -0.1) is 11.3 Å². The quantitative estimate of drug-likeness (QED) is 0.711. The molecule has 3 aromatic heterocycles. The van der Waals surface area contributed by atoms with Gasteiger partial charge in [0.1, 0.15) is 5.82 Å². The third-order valence-electron chi connectivity index (χ3n) is 4.78. The molecule has 140 valence electrons. The third kappa shape index (κ3) is 3.26. The van der Waals surface area contributed by atoms with E-state index in [4.69, 9.17) is 9.72 Å². The molecule has 0 bridgehead atoms. The van der Waals surface area contributed by atoms with Gasteiger partial charge in [-0.05, 0) is 12.8 Å².